The molecule has 0 aliphatic rings. The van der Waals surface area contributed by atoms with E-state index in [0.29, 0.717) is 19.3 Å². The van der Waals surface area contributed by atoms with Crippen molar-refractivity contribution in [3.63, 3.8) is 0 Å². The van der Waals surface area contributed by atoms with Gasteiger partial charge in [-0.3, -0.25) is 14.4 Å². The van der Waals surface area contributed by atoms with Crippen molar-refractivity contribution in [2.75, 3.05) is 13.2 Å². The maximum absolute atomic E-state index is 12.9. The number of unbranched alkanes of at least 4 members (excludes halogenated alkanes) is 41. The Hall–Kier alpha value is -2.11. The largest absolute Gasteiger partial charge is 0.462 e. The van der Waals surface area contributed by atoms with Crippen molar-refractivity contribution in [3.05, 3.63) is 24.3 Å². The summed E-state index contributed by atoms with van der Waals surface area (Å²) in [7, 11) is 0. The first kappa shape index (κ1) is 65.9. The van der Waals surface area contributed by atoms with Crippen LogP contribution in [0.25, 0.3) is 0 Å². The zero-order chi connectivity index (χ0) is 49.3. The lowest BCUT2D eigenvalue weighted by molar-refractivity contribution is -0.167. The van der Waals surface area contributed by atoms with Crippen LogP contribution in [0, 0.1) is 0 Å². The van der Waals surface area contributed by atoms with Gasteiger partial charge in [0.05, 0.1) is 0 Å². The van der Waals surface area contributed by atoms with Gasteiger partial charge in [-0.25, -0.2) is 0 Å². The molecule has 0 aliphatic carbocycles. The topological polar surface area (TPSA) is 78.9 Å². The number of hydrogen-bond donors (Lipinski definition) is 0. The predicted molar refractivity (Wildman–Crippen MR) is 293 cm³/mol. The van der Waals surface area contributed by atoms with Crippen LogP contribution in [0.3, 0.4) is 0 Å². The van der Waals surface area contributed by atoms with Crippen molar-refractivity contribution >= 4 is 17.9 Å². The molecule has 0 aliphatic heterocycles. The molecule has 6 nitrogen and oxygen atoms in total. The normalized spacial score (nSPS) is 12.1. The van der Waals surface area contributed by atoms with E-state index >= 15 is 0 Å². The molecule has 0 heterocycles. The van der Waals surface area contributed by atoms with Gasteiger partial charge in [-0.1, -0.05) is 289 Å². The van der Waals surface area contributed by atoms with Crippen LogP contribution in [0.15, 0.2) is 24.3 Å². The molecular weight excluding hydrogens is 841 g/mol. The van der Waals surface area contributed by atoms with Gasteiger partial charge in [-0.05, 0) is 51.4 Å². The first-order chi connectivity index (χ1) is 33.5. The number of esters is 3. The quantitative estimate of drug-likeness (QED) is 0.0262. The van der Waals surface area contributed by atoms with Crippen molar-refractivity contribution in [1.29, 1.82) is 0 Å². The Labute approximate surface area is 423 Å². The van der Waals surface area contributed by atoms with Gasteiger partial charge in [0.25, 0.3) is 0 Å². The zero-order valence-electron chi connectivity index (χ0n) is 45.9. The highest BCUT2D eigenvalue weighted by Crippen LogP contribution is 2.17. The van der Waals surface area contributed by atoms with Gasteiger partial charge in [0, 0.05) is 19.3 Å². The van der Waals surface area contributed by atoms with Crippen LogP contribution in [0.5, 0.6) is 0 Å². The summed E-state index contributed by atoms with van der Waals surface area (Å²) >= 11 is 0. The molecule has 0 fully saturated rings. The standard InChI is InChI=1S/C62H116O6/c1-4-7-10-13-16-19-22-25-27-29-31-33-34-37-40-43-46-49-52-55-61(64)67-58-59(57-66-60(63)54-51-48-45-42-39-36-24-21-18-15-12-9-6-3)68-62(65)56-53-50-47-44-41-38-35-32-30-28-26-23-20-17-14-11-8-5-2/h16,19,25,27,59H,4-15,17-18,20-24,26,28-58H2,1-3H3/b19-16-,27-25-/t59-/m1/s1. The maximum atomic E-state index is 12.9. The Bertz CT molecular complexity index is 1100. The van der Waals surface area contributed by atoms with Crippen LogP contribution < -0.4 is 0 Å². The van der Waals surface area contributed by atoms with Crippen LogP contribution in [0.2, 0.25) is 0 Å². The number of allylic oxidation sites excluding steroid dienone is 4. The number of ether oxygens (including phenoxy) is 3. The monoisotopic (exact) mass is 957 g/mol. The first-order valence-electron chi connectivity index (χ1n) is 30.3. The molecule has 0 aromatic rings. The van der Waals surface area contributed by atoms with Crippen molar-refractivity contribution < 1.29 is 28.6 Å². The van der Waals surface area contributed by atoms with E-state index in [4.69, 9.17) is 14.2 Å². The van der Waals surface area contributed by atoms with E-state index in [1.165, 1.54) is 231 Å². The van der Waals surface area contributed by atoms with Gasteiger partial charge in [0.2, 0.25) is 0 Å². The Morgan fingerprint density at radius 3 is 0.838 bits per heavy atom. The molecule has 68 heavy (non-hydrogen) atoms. The minimum atomic E-state index is -0.768. The summed E-state index contributed by atoms with van der Waals surface area (Å²) in [5.74, 6) is -0.846. The number of hydrogen-bond acceptors (Lipinski definition) is 6. The fraction of sp³-hybridized carbons (Fsp3) is 0.887. The second-order valence-electron chi connectivity index (χ2n) is 20.6. The maximum Gasteiger partial charge on any atom is 0.306 e. The Kier molecular flexibility index (Phi) is 55.7. The van der Waals surface area contributed by atoms with E-state index in [0.717, 1.165) is 64.2 Å². The number of carbonyl (C=O) groups is 3. The summed E-state index contributed by atoms with van der Waals surface area (Å²) in [5.41, 5.74) is 0. The van der Waals surface area contributed by atoms with Crippen molar-refractivity contribution in [3.8, 4) is 0 Å². The molecule has 0 N–H and O–H groups in total. The van der Waals surface area contributed by atoms with E-state index < -0.39 is 6.10 Å². The second kappa shape index (κ2) is 57.5. The van der Waals surface area contributed by atoms with E-state index in [-0.39, 0.29) is 31.1 Å². The van der Waals surface area contributed by atoms with E-state index in [9.17, 15) is 14.4 Å². The molecule has 1 atom stereocenters. The summed E-state index contributed by atoms with van der Waals surface area (Å²) < 4.78 is 16.9. The molecule has 0 amide bonds. The van der Waals surface area contributed by atoms with Gasteiger partial charge in [-0.2, -0.15) is 0 Å². The van der Waals surface area contributed by atoms with E-state index in [1.54, 1.807) is 0 Å². The van der Waals surface area contributed by atoms with Crippen LogP contribution in [0.4, 0.5) is 0 Å². The lowest BCUT2D eigenvalue weighted by Gasteiger charge is -2.18. The van der Waals surface area contributed by atoms with Crippen molar-refractivity contribution in [1.82, 2.24) is 0 Å². The Balaban J connectivity index is 4.30. The molecule has 0 saturated carbocycles. The molecular formula is C62H116O6. The van der Waals surface area contributed by atoms with Crippen molar-refractivity contribution in [2.45, 2.75) is 341 Å². The lowest BCUT2D eigenvalue weighted by atomic mass is 10.0. The summed E-state index contributed by atoms with van der Waals surface area (Å²) in [6.07, 6.45) is 67.4. The summed E-state index contributed by atoms with van der Waals surface area (Å²) in [6.45, 7) is 6.67. The van der Waals surface area contributed by atoms with Crippen LogP contribution in [-0.2, 0) is 28.6 Å². The van der Waals surface area contributed by atoms with Crippen LogP contribution in [0.1, 0.15) is 335 Å². The Morgan fingerprint density at radius 1 is 0.294 bits per heavy atom. The molecule has 0 unspecified atom stereocenters. The summed E-state index contributed by atoms with van der Waals surface area (Å²) in [5, 5.41) is 0. The minimum Gasteiger partial charge on any atom is -0.462 e. The summed E-state index contributed by atoms with van der Waals surface area (Å²) in [4.78, 5) is 38.2. The molecule has 6 heteroatoms. The van der Waals surface area contributed by atoms with E-state index in [2.05, 4.69) is 45.1 Å². The molecule has 0 aromatic carbocycles. The van der Waals surface area contributed by atoms with Gasteiger partial charge in [0.1, 0.15) is 13.2 Å². The summed E-state index contributed by atoms with van der Waals surface area (Å²) in [6, 6.07) is 0. The average Bonchev–Trinajstić information content (AvgIpc) is 3.34. The number of carbonyl (C=O) groups excluding carboxylic acids is 3. The third-order valence-electron chi connectivity index (χ3n) is 13.7. The van der Waals surface area contributed by atoms with Crippen molar-refractivity contribution in [2.24, 2.45) is 0 Å². The SMILES string of the molecule is CCCCC/C=C\C/C=C\CCCCCCCCCCCC(=O)OC[C@@H](COC(=O)CCCCCCCCCCCCCCC)OC(=O)CCCCCCCCCCCCCCCCCCCC. The third kappa shape index (κ3) is 54.8. The van der Waals surface area contributed by atoms with Crippen LogP contribution >= 0.6 is 0 Å². The molecule has 400 valence electrons. The number of rotatable bonds is 56. The van der Waals surface area contributed by atoms with Gasteiger partial charge in [-0.15, -0.1) is 0 Å². The molecule has 0 rings (SSSR count). The molecule has 0 bridgehead atoms. The fourth-order valence-electron chi connectivity index (χ4n) is 9.12. The predicted octanol–water partition coefficient (Wildman–Crippen LogP) is 20.3. The Morgan fingerprint density at radius 2 is 0.529 bits per heavy atom. The third-order valence-corrected chi connectivity index (χ3v) is 13.7. The minimum absolute atomic E-state index is 0.0665. The highest BCUT2D eigenvalue weighted by Gasteiger charge is 2.19. The average molecular weight is 958 g/mol. The van der Waals surface area contributed by atoms with Crippen LogP contribution in [-0.4, -0.2) is 37.2 Å². The smallest absolute Gasteiger partial charge is 0.306 e. The molecule has 0 spiro atoms. The lowest BCUT2D eigenvalue weighted by Crippen LogP contribution is -2.30. The van der Waals surface area contributed by atoms with Gasteiger partial charge >= 0.3 is 17.9 Å². The highest BCUT2D eigenvalue weighted by molar-refractivity contribution is 5.71. The molecule has 0 saturated heterocycles. The van der Waals surface area contributed by atoms with E-state index in [1.807, 2.05) is 0 Å². The molecule has 0 aromatic heterocycles. The fourth-order valence-corrected chi connectivity index (χ4v) is 9.12. The zero-order valence-corrected chi connectivity index (χ0v) is 45.9. The van der Waals surface area contributed by atoms with Gasteiger partial charge in [0.15, 0.2) is 6.10 Å². The molecule has 0 radical (unpaired) electrons. The second-order valence-corrected chi connectivity index (χ2v) is 20.6. The van der Waals surface area contributed by atoms with Gasteiger partial charge < -0.3 is 14.2 Å². The highest BCUT2D eigenvalue weighted by atomic mass is 16.6. The first-order valence-corrected chi connectivity index (χ1v) is 30.3.